The first-order valence-corrected chi connectivity index (χ1v) is 12.0. The van der Waals surface area contributed by atoms with Crippen LogP contribution in [0, 0.1) is 5.92 Å². The van der Waals surface area contributed by atoms with Gasteiger partial charge in [-0.1, -0.05) is 56.7 Å². The van der Waals surface area contributed by atoms with E-state index >= 15 is 0 Å². The van der Waals surface area contributed by atoms with Crippen molar-refractivity contribution in [2.75, 3.05) is 26.7 Å². The summed E-state index contributed by atoms with van der Waals surface area (Å²) in [7, 11) is 1.61. The van der Waals surface area contributed by atoms with Crippen molar-refractivity contribution in [3.8, 4) is 5.75 Å². The lowest BCUT2D eigenvalue weighted by Gasteiger charge is -2.45. The molecule has 0 aromatic heterocycles. The third-order valence-electron chi connectivity index (χ3n) is 7.19. The van der Waals surface area contributed by atoms with E-state index in [0.29, 0.717) is 36.7 Å². The van der Waals surface area contributed by atoms with Crippen LogP contribution in [0.5, 0.6) is 5.75 Å². The second-order valence-electron chi connectivity index (χ2n) is 9.40. The number of benzene rings is 2. The number of carbonyl (C=O) groups excluding carboxylic acids is 2. The fourth-order valence-corrected chi connectivity index (χ4v) is 4.99. The van der Waals surface area contributed by atoms with Gasteiger partial charge < -0.3 is 14.5 Å². The van der Waals surface area contributed by atoms with Gasteiger partial charge in [0.05, 0.1) is 18.8 Å². The Morgan fingerprint density at radius 2 is 1.88 bits per heavy atom. The van der Waals surface area contributed by atoms with Crippen LogP contribution in [-0.4, -0.2) is 60.1 Å². The van der Waals surface area contributed by atoms with Crippen molar-refractivity contribution in [1.82, 2.24) is 15.1 Å². The summed E-state index contributed by atoms with van der Waals surface area (Å²) >= 11 is 0. The highest BCUT2D eigenvalue weighted by atomic mass is 16.5. The first-order chi connectivity index (χ1) is 16.0. The molecule has 2 heterocycles. The summed E-state index contributed by atoms with van der Waals surface area (Å²) in [6, 6.07) is 17.3. The van der Waals surface area contributed by atoms with Gasteiger partial charge >= 0.3 is 0 Å². The summed E-state index contributed by atoms with van der Waals surface area (Å²) in [4.78, 5) is 30.6. The summed E-state index contributed by atoms with van der Waals surface area (Å²) in [5, 5.41) is 3.72. The lowest BCUT2D eigenvalue weighted by atomic mass is 9.94. The molecular weight excluding hydrogens is 414 g/mol. The standard InChI is InChI=1S/C27H35N3O3/c1-4-20(2)19-30-26(32)24(17-21-9-6-5-7-10-21)28-27(30)13-15-29(16-14-27)25(31)22-11-8-12-23(18-22)33-3/h5-12,18,20,24,28H,4,13-17,19H2,1-3H3/t20-,24+/m0/s1. The zero-order valence-electron chi connectivity index (χ0n) is 19.9. The molecule has 2 amide bonds. The van der Waals surface area contributed by atoms with Gasteiger partial charge in [0.2, 0.25) is 5.91 Å². The second-order valence-corrected chi connectivity index (χ2v) is 9.40. The van der Waals surface area contributed by atoms with Crippen LogP contribution in [0.15, 0.2) is 54.6 Å². The fraction of sp³-hybridized carbons (Fsp3) is 0.481. The lowest BCUT2D eigenvalue weighted by molar-refractivity contribution is -0.134. The van der Waals surface area contributed by atoms with E-state index in [9.17, 15) is 9.59 Å². The Labute approximate surface area is 196 Å². The Morgan fingerprint density at radius 3 is 2.55 bits per heavy atom. The summed E-state index contributed by atoms with van der Waals surface area (Å²) in [6.07, 6.45) is 3.18. The molecule has 0 aliphatic carbocycles. The van der Waals surface area contributed by atoms with Gasteiger partial charge in [-0.15, -0.1) is 0 Å². The SMILES string of the molecule is CC[C@H](C)CN1C(=O)[C@@H](Cc2ccccc2)NC12CCN(C(=O)c1cccc(OC)c1)CC2. The van der Waals surface area contributed by atoms with Crippen molar-refractivity contribution >= 4 is 11.8 Å². The van der Waals surface area contributed by atoms with E-state index in [1.165, 1.54) is 0 Å². The average molecular weight is 450 g/mol. The molecule has 1 spiro atoms. The second kappa shape index (κ2) is 9.96. The molecule has 2 aliphatic heterocycles. The fourth-order valence-electron chi connectivity index (χ4n) is 4.99. The van der Waals surface area contributed by atoms with Crippen molar-refractivity contribution in [3.63, 3.8) is 0 Å². The third-order valence-corrected chi connectivity index (χ3v) is 7.19. The zero-order valence-corrected chi connectivity index (χ0v) is 19.9. The van der Waals surface area contributed by atoms with E-state index in [-0.39, 0.29) is 23.5 Å². The van der Waals surface area contributed by atoms with Gasteiger partial charge in [0, 0.05) is 38.0 Å². The topological polar surface area (TPSA) is 61.9 Å². The molecule has 2 aromatic carbocycles. The number of rotatable bonds is 7. The number of amides is 2. The number of nitrogens with zero attached hydrogens (tertiary/aromatic N) is 2. The van der Waals surface area contributed by atoms with Crippen molar-refractivity contribution in [2.24, 2.45) is 5.92 Å². The van der Waals surface area contributed by atoms with Crippen LogP contribution in [0.3, 0.4) is 0 Å². The molecule has 2 atom stereocenters. The molecular formula is C27H35N3O3. The molecule has 33 heavy (non-hydrogen) atoms. The molecule has 6 nitrogen and oxygen atoms in total. The van der Waals surface area contributed by atoms with Crippen molar-refractivity contribution in [3.05, 3.63) is 65.7 Å². The molecule has 2 aromatic rings. The van der Waals surface area contributed by atoms with E-state index in [2.05, 4.69) is 36.2 Å². The summed E-state index contributed by atoms with van der Waals surface area (Å²) in [6.45, 7) is 6.35. The largest absolute Gasteiger partial charge is 0.497 e. The quantitative estimate of drug-likeness (QED) is 0.700. The number of ether oxygens (including phenoxy) is 1. The number of likely N-dealkylation sites (tertiary alicyclic amines) is 1. The normalized spacial score (nSPS) is 20.8. The minimum absolute atomic E-state index is 0.0161. The molecule has 2 aliphatic rings. The van der Waals surface area contributed by atoms with Gasteiger partial charge in [0.25, 0.3) is 5.91 Å². The van der Waals surface area contributed by atoms with Gasteiger partial charge in [-0.05, 0) is 36.1 Å². The molecule has 0 bridgehead atoms. The van der Waals surface area contributed by atoms with Crippen LogP contribution in [-0.2, 0) is 11.2 Å². The Kier molecular flexibility index (Phi) is 7.03. The first kappa shape index (κ1) is 23.3. The molecule has 6 heteroatoms. The van der Waals surface area contributed by atoms with Crippen molar-refractivity contribution in [2.45, 2.75) is 51.2 Å². The van der Waals surface area contributed by atoms with Gasteiger partial charge in [0.15, 0.2) is 0 Å². The summed E-state index contributed by atoms with van der Waals surface area (Å²) in [5.41, 5.74) is 1.42. The van der Waals surface area contributed by atoms with E-state index in [0.717, 1.165) is 31.4 Å². The number of hydrogen-bond donors (Lipinski definition) is 1. The van der Waals surface area contributed by atoms with Crippen LogP contribution < -0.4 is 10.1 Å². The molecule has 4 rings (SSSR count). The number of hydrogen-bond acceptors (Lipinski definition) is 4. The van der Waals surface area contributed by atoms with Gasteiger partial charge in [-0.25, -0.2) is 0 Å². The monoisotopic (exact) mass is 449 g/mol. The molecule has 2 saturated heterocycles. The predicted octanol–water partition coefficient (Wildman–Crippen LogP) is 3.72. The number of nitrogens with one attached hydrogen (secondary N) is 1. The van der Waals surface area contributed by atoms with E-state index in [4.69, 9.17) is 4.74 Å². The van der Waals surface area contributed by atoms with Crippen LogP contribution in [0.1, 0.15) is 49.0 Å². The lowest BCUT2D eigenvalue weighted by Crippen LogP contribution is -2.60. The molecule has 2 fully saturated rings. The zero-order chi connectivity index (χ0) is 23.4. The van der Waals surface area contributed by atoms with E-state index in [1.54, 1.807) is 13.2 Å². The minimum Gasteiger partial charge on any atom is -0.497 e. The van der Waals surface area contributed by atoms with E-state index in [1.807, 2.05) is 41.3 Å². The number of carbonyl (C=O) groups is 2. The minimum atomic E-state index is -0.384. The Bertz CT molecular complexity index is 970. The van der Waals surface area contributed by atoms with E-state index < -0.39 is 0 Å². The smallest absolute Gasteiger partial charge is 0.253 e. The molecule has 176 valence electrons. The Morgan fingerprint density at radius 1 is 1.15 bits per heavy atom. The van der Waals surface area contributed by atoms with Gasteiger partial charge in [-0.3, -0.25) is 14.9 Å². The van der Waals surface area contributed by atoms with Crippen molar-refractivity contribution < 1.29 is 14.3 Å². The number of methoxy groups -OCH3 is 1. The maximum atomic E-state index is 13.5. The molecule has 0 saturated carbocycles. The van der Waals surface area contributed by atoms with Crippen LogP contribution in [0.25, 0.3) is 0 Å². The van der Waals surface area contributed by atoms with Gasteiger partial charge in [-0.2, -0.15) is 0 Å². The van der Waals surface area contributed by atoms with Crippen LogP contribution in [0.4, 0.5) is 0 Å². The van der Waals surface area contributed by atoms with Crippen LogP contribution in [0.2, 0.25) is 0 Å². The molecule has 0 radical (unpaired) electrons. The van der Waals surface area contributed by atoms with Gasteiger partial charge in [0.1, 0.15) is 5.75 Å². The first-order valence-electron chi connectivity index (χ1n) is 12.0. The van der Waals surface area contributed by atoms with Crippen molar-refractivity contribution in [1.29, 1.82) is 0 Å². The maximum absolute atomic E-state index is 13.5. The Balaban J connectivity index is 1.50. The number of piperidine rings is 1. The highest BCUT2D eigenvalue weighted by Gasteiger charge is 2.51. The summed E-state index contributed by atoms with van der Waals surface area (Å²) in [5.74, 6) is 1.31. The Hall–Kier alpha value is -2.86. The average Bonchev–Trinajstić information content (AvgIpc) is 3.09. The summed E-state index contributed by atoms with van der Waals surface area (Å²) < 4.78 is 5.28. The maximum Gasteiger partial charge on any atom is 0.253 e. The third kappa shape index (κ3) is 4.91. The predicted molar refractivity (Wildman–Crippen MR) is 129 cm³/mol. The highest BCUT2D eigenvalue weighted by molar-refractivity contribution is 5.94. The molecule has 0 unspecified atom stereocenters. The van der Waals surface area contributed by atoms with Crippen LogP contribution >= 0.6 is 0 Å². The molecule has 1 N–H and O–H groups in total. The highest BCUT2D eigenvalue weighted by Crippen LogP contribution is 2.35.